The first-order valence-electron chi connectivity index (χ1n) is 8.98. The largest absolute Gasteiger partial charge is 0.493 e. The van der Waals surface area contributed by atoms with Gasteiger partial charge in [0.15, 0.2) is 11.5 Å². The molecule has 5 heteroatoms. The third kappa shape index (κ3) is 3.30. The molecule has 0 unspecified atom stereocenters. The molecule has 2 heterocycles. The number of hydrogen-bond donors (Lipinski definition) is 1. The van der Waals surface area contributed by atoms with Gasteiger partial charge in [-0.1, -0.05) is 36.4 Å². The Morgan fingerprint density at radius 3 is 2.70 bits per heavy atom. The van der Waals surface area contributed by atoms with Gasteiger partial charge in [0, 0.05) is 28.2 Å². The van der Waals surface area contributed by atoms with Crippen LogP contribution >= 0.6 is 11.3 Å². The minimum absolute atomic E-state index is 0.0146. The minimum Gasteiger partial charge on any atom is -0.493 e. The van der Waals surface area contributed by atoms with Crippen LogP contribution in [0.25, 0.3) is 11.1 Å². The van der Waals surface area contributed by atoms with Gasteiger partial charge >= 0.3 is 0 Å². The van der Waals surface area contributed by atoms with Gasteiger partial charge in [0.1, 0.15) is 0 Å². The second-order valence-corrected chi connectivity index (χ2v) is 7.31. The van der Waals surface area contributed by atoms with Crippen LogP contribution in [0.4, 0.5) is 5.69 Å². The van der Waals surface area contributed by atoms with Crippen LogP contribution in [0.15, 0.2) is 53.9 Å². The number of rotatable bonds is 5. The zero-order valence-electron chi connectivity index (χ0n) is 15.3. The Kier molecular flexibility index (Phi) is 4.86. The van der Waals surface area contributed by atoms with Crippen molar-refractivity contribution in [2.75, 3.05) is 19.0 Å². The van der Waals surface area contributed by atoms with E-state index in [9.17, 15) is 4.79 Å². The van der Waals surface area contributed by atoms with Crippen LogP contribution in [0, 0.1) is 0 Å². The topological polar surface area (TPSA) is 47.6 Å². The molecule has 3 aromatic rings. The van der Waals surface area contributed by atoms with Crippen molar-refractivity contribution in [2.24, 2.45) is 0 Å². The van der Waals surface area contributed by atoms with Crippen LogP contribution in [0.2, 0.25) is 0 Å². The number of anilines is 1. The molecule has 0 saturated carbocycles. The second-order valence-electron chi connectivity index (χ2n) is 6.40. The first-order chi connectivity index (χ1) is 13.2. The van der Waals surface area contributed by atoms with Gasteiger partial charge in [-0.25, -0.2) is 0 Å². The molecule has 138 valence electrons. The van der Waals surface area contributed by atoms with Crippen molar-refractivity contribution in [2.45, 2.75) is 19.3 Å². The number of methoxy groups -OCH3 is 1. The molecule has 1 amide bonds. The summed E-state index contributed by atoms with van der Waals surface area (Å²) in [6, 6.07) is 16.1. The minimum atomic E-state index is 0.0146. The van der Waals surface area contributed by atoms with E-state index in [0.29, 0.717) is 18.8 Å². The van der Waals surface area contributed by atoms with E-state index in [2.05, 4.69) is 22.8 Å². The zero-order valence-corrected chi connectivity index (χ0v) is 16.1. The van der Waals surface area contributed by atoms with Crippen LogP contribution in [0.3, 0.4) is 0 Å². The summed E-state index contributed by atoms with van der Waals surface area (Å²) in [5, 5.41) is 5.21. The predicted octanol–water partition coefficient (Wildman–Crippen LogP) is 5.30. The third-order valence-electron chi connectivity index (χ3n) is 4.76. The summed E-state index contributed by atoms with van der Waals surface area (Å²) in [5.41, 5.74) is 4.18. The Hall–Kier alpha value is -2.79. The number of carbonyl (C=O) groups is 1. The van der Waals surface area contributed by atoms with Gasteiger partial charge in [0.05, 0.1) is 19.4 Å². The van der Waals surface area contributed by atoms with Gasteiger partial charge in [-0.2, -0.15) is 0 Å². The summed E-state index contributed by atoms with van der Waals surface area (Å²) in [4.78, 5) is 13.6. The van der Waals surface area contributed by atoms with Crippen LogP contribution in [-0.2, 0) is 4.79 Å². The highest BCUT2D eigenvalue weighted by molar-refractivity contribution is 7.11. The lowest BCUT2D eigenvalue weighted by Crippen LogP contribution is -2.22. The molecule has 1 aliphatic heterocycles. The van der Waals surface area contributed by atoms with Crippen molar-refractivity contribution in [3.8, 4) is 22.6 Å². The average Bonchev–Trinajstić information content (AvgIpc) is 3.12. The Balaban J connectivity index is 1.76. The molecule has 0 radical (unpaired) electrons. The highest BCUT2D eigenvalue weighted by Gasteiger charge is 2.31. The molecule has 1 atom stereocenters. The molecule has 1 aliphatic rings. The fourth-order valence-corrected chi connectivity index (χ4v) is 4.66. The van der Waals surface area contributed by atoms with E-state index in [1.807, 2.05) is 43.3 Å². The zero-order chi connectivity index (χ0) is 18.8. The summed E-state index contributed by atoms with van der Waals surface area (Å²) in [5.74, 6) is 1.47. The number of benzene rings is 2. The maximum Gasteiger partial charge on any atom is 0.225 e. The standard InChI is InChI=1S/C22H21NO3S/c1-3-26-18-10-9-15(11-19(18)25-2)16-12-20(24)23-21-17(13-27-22(16)21)14-7-5-4-6-8-14/h4-11,13,16H,3,12H2,1-2H3,(H,23,24)/t16-/m0/s1. The molecule has 27 heavy (non-hydrogen) atoms. The van der Waals surface area contributed by atoms with Crippen molar-refractivity contribution in [3.05, 3.63) is 64.4 Å². The number of carbonyl (C=O) groups excluding carboxylic acids is 1. The first kappa shape index (κ1) is 17.6. The number of ether oxygens (including phenoxy) is 2. The fourth-order valence-electron chi connectivity index (χ4n) is 3.50. The predicted molar refractivity (Wildman–Crippen MR) is 109 cm³/mol. The van der Waals surface area contributed by atoms with Gasteiger partial charge in [-0.05, 0) is 30.2 Å². The van der Waals surface area contributed by atoms with Crippen molar-refractivity contribution in [3.63, 3.8) is 0 Å². The van der Waals surface area contributed by atoms with E-state index < -0.39 is 0 Å². The van der Waals surface area contributed by atoms with Gasteiger partial charge in [-0.3, -0.25) is 4.79 Å². The van der Waals surface area contributed by atoms with E-state index in [0.717, 1.165) is 28.1 Å². The Morgan fingerprint density at radius 2 is 1.96 bits per heavy atom. The van der Waals surface area contributed by atoms with Crippen LogP contribution in [0.5, 0.6) is 11.5 Å². The molecule has 2 aromatic carbocycles. The van der Waals surface area contributed by atoms with E-state index in [-0.39, 0.29) is 11.8 Å². The van der Waals surface area contributed by atoms with Crippen molar-refractivity contribution in [1.82, 2.24) is 0 Å². The molecule has 0 bridgehead atoms. The van der Waals surface area contributed by atoms with Crippen LogP contribution in [0.1, 0.15) is 29.7 Å². The second kappa shape index (κ2) is 7.45. The average molecular weight is 379 g/mol. The molecule has 1 aromatic heterocycles. The highest BCUT2D eigenvalue weighted by atomic mass is 32.1. The fraction of sp³-hybridized carbons (Fsp3) is 0.227. The van der Waals surface area contributed by atoms with E-state index >= 15 is 0 Å². The molecule has 4 nitrogen and oxygen atoms in total. The summed E-state index contributed by atoms with van der Waals surface area (Å²) >= 11 is 1.69. The SMILES string of the molecule is CCOc1ccc([C@@H]2CC(=O)Nc3c(-c4ccccc4)csc32)cc1OC. The summed E-state index contributed by atoms with van der Waals surface area (Å²) in [6.07, 6.45) is 0.429. The number of nitrogens with one attached hydrogen (secondary N) is 1. The van der Waals surface area contributed by atoms with Gasteiger partial charge in [-0.15, -0.1) is 11.3 Å². The summed E-state index contributed by atoms with van der Waals surface area (Å²) < 4.78 is 11.1. The van der Waals surface area contributed by atoms with E-state index in [1.165, 1.54) is 4.88 Å². The summed E-state index contributed by atoms with van der Waals surface area (Å²) in [6.45, 7) is 2.53. The Labute approximate surface area is 162 Å². The van der Waals surface area contributed by atoms with E-state index in [4.69, 9.17) is 9.47 Å². The van der Waals surface area contributed by atoms with Crippen molar-refractivity contribution in [1.29, 1.82) is 0 Å². The number of amides is 1. The van der Waals surface area contributed by atoms with Gasteiger partial charge in [0.25, 0.3) is 0 Å². The molecule has 0 aliphatic carbocycles. The summed E-state index contributed by atoms with van der Waals surface area (Å²) in [7, 11) is 1.64. The Morgan fingerprint density at radius 1 is 1.15 bits per heavy atom. The maximum absolute atomic E-state index is 12.5. The van der Waals surface area contributed by atoms with Crippen LogP contribution in [-0.4, -0.2) is 19.6 Å². The van der Waals surface area contributed by atoms with Gasteiger partial charge < -0.3 is 14.8 Å². The lowest BCUT2D eigenvalue weighted by molar-refractivity contribution is -0.116. The van der Waals surface area contributed by atoms with E-state index in [1.54, 1.807) is 18.4 Å². The molecular formula is C22H21NO3S. The Bertz CT molecular complexity index is 965. The van der Waals surface area contributed by atoms with Crippen LogP contribution < -0.4 is 14.8 Å². The monoisotopic (exact) mass is 379 g/mol. The van der Waals surface area contributed by atoms with Crippen molar-refractivity contribution < 1.29 is 14.3 Å². The lowest BCUT2D eigenvalue weighted by atomic mass is 9.89. The molecule has 0 spiro atoms. The van der Waals surface area contributed by atoms with Gasteiger partial charge in [0.2, 0.25) is 5.91 Å². The number of fused-ring (bicyclic) bond motifs is 1. The highest BCUT2D eigenvalue weighted by Crippen LogP contribution is 2.47. The smallest absolute Gasteiger partial charge is 0.225 e. The quantitative estimate of drug-likeness (QED) is 0.655. The molecule has 0 fully saturated rings. The molecule has 4 rings (SSSR count). The number of hydrogen-bond acceptors (Lipinski definition) is 4. The first-order valence-corrected chi connectivity index (χ1v) is 9.86. The third-order valence-corrected chi connectivity index (χ3v) is 5.86. The normalized spacial score (nSPS) is 15.8. The molecular weight excluding hydrogens is 358 g/mol. The molecule has 1 N–H and O–H groups in total. The maximum atomic E-state index is 12.5. The number of thiophene rings is 1. The van der Waals surface area contributed by atoms with Crippen molar-refractivity contribution >= 4 is 22.9 Å². The molecule has 0 saturated heterocycles. The lowest BCUT2D eigenvalue weighted by Gasteiger charge is -2.24.